The molecule has 5 heteroatoms. The molecule has 0 radical (unpaired) electrons. The van der Waals surface area contributed by atoms with Gasteiger partial charge in [-0.05, 0) is 25.7 Å². The third-order valence-electron chi connectivity index (χ3n) is 3.59. The van der Waals surface area contributed by atoms with Crippen LogP contribution in [0.1, 0.15) is 52.9 Å². The fourth-order valence-corrected chi connectivity index (χ4v) is 2.42. The van der Waals surface area contributed by atoms with Crippen LogP contribution in [0, 0.1) is 5.92 Å². The Bertz CT molecular complexity index is 309. The second-order valence-electron chi connectivity index (χ2n) is 5.78. The number of amides is 2. The van der Waals surface area contributed by atoms with E-state index in [2.05, 4.69) is 10.6 Å². The number of urea groups is 1. The molecule has 1 fully saturated rings. The van der Waals surface area contributed by atoms with Crippen LogP contribution in [0.5, 0.6) is 0 Å². The molecule has 1 saturated carbocycles. The van der Waals surface area contributed by atoms with Crippen molar-refractivity contribution in [2.75, 3.05) is 0 Å². The second-order valence-corrected chi connectivity index (χ2v) is 5.78. The first kappa shape index (κ1) is 14.8. The Kier molecular flexibility index (Phi) is 4.99. The number of hydrogen-bond donors (Lipinski definition) is 3. The fraction of sp³-hybridized carbons (Fsp3) is 0.846. The highest BCUT2D eigenvalue weighted by Crippen LogP contribution is 2.27. The minimum absolute atomic E-state index is 0.132. The predicted molar refractivity (Wildman–Crippen MR) is 69.4 cm³/mol. The van der Waals surface area contributed by atoms with Crippen molar-refractivity contribution in [3.05, 3.63) is 0 Å². The second kappa shape index (κ2) is 6.07. The third-order valence-corrected chi connectivity index (χ3v) is 3.59. The molecule has 0 aliphatic heterocycles. The van der Waals surface area contributed by atoms with Crippen molar-refractivity contribution < 1.29 is 14.7 Å². The highest BCUT2D eigenvalue weighted by molar-refractivity contribution is 5.83. The van der Waals surface area contributed by atoms with Crippen molar-refractivity contribution in [3.63, 3.8) is 0 Å². The normalized spacial score (nSPS) is 20.2. The van der Waals surface area contributed by atoms with Gasteiger partial charge in [-0.15, -0.1) is 0 Å². The zero-order chi connectivity index (χ0) is 13.8. The van der Waals surface area contributed by atoms with Crippen molar-refractivity contribution in [2.24, 2.45) is 5.92 Å². The standard InChI is InChI=1S/C13H24N2O3/c1-9(2)10(11(16)17)14-12(18)15-13(3)7-5-4-6-8-13/h9-10H,4-8H2,1-3H3,(H,16,17)(H2,14,15,18). The summed E-state index contributed by atoms with van der Waals surface area (Å²) in [6, 6.07) is -1.21. The maximum Gasteiger partial charge on any atom is 0.326 e. The van der Waals surface area contributed by atoms with Gasteiger partial charge in [0.15, 0.2) is 0 Å². The van der Waals surface area contributed by atoms with Crippen LogP contribution in [0.15, 0.2) is 0 Å². The summed E-state index contributed by atoms with van der Waals surface area (Å²) in [5.74, 6) is -1.12. The topological polar surface area (TPSA) is 78.4 Å². The molecule has 0 bridgehead atoms. The maximum atomic E-state index is 11.9. The Morgan fingerprint density at radius 3 is 2.17 bits per heavy atom. The van der Waals surface area contributed by atoms with Crippen LogP contribution in [0.2, 0.25) is 0 Å². The Morgan fingerprint density at radius 2 is 1.72 bits per heavy atom. The first-order valence-electron chi connectivity index (χ1n) is 6.65. The number of rotatable bonds is 4. The van der Waals surface area contributed by atoms with Crippen LogP contribution in [0.4, 0.5) is 4.79 Å². The molecule has 1 atom stereocenters. The van der Waals surface area contributed by atoms with E-state index in [1.807, 2.05) is 6.92 Å². The molecule has 5 nitrogen and oxygen atoms in total. The van der Waals surface area contributed by atoms with Gasteiger partial charge in [0.2, 0.25) is 0 Å². The Labute approximate surface area is 108 Å². The largest absolute Gasteiger partial charge is 0.480 e. The molecule has 1 aliphatic carbocycles. The first-order chi connectivity index (χ1) is 8.34. The lowest BCUT2D eigenvalue weighted by Crippen LogP contribution is -2.55. The average molecular weight is 256 g/mol. The molecule has 0 heterocycles. The highest BCUT2D eigenvalue weighted by atomic mass is 16.4. The quantitative estimate of drug-likeness (QED) is 0.721. The molecule has 104 valence electrons. The molecule has 3 N–H and O–H groups in total. The molecule has 0 aromatic rings. The van der Waals surface area contributed by atoms with Gasteiger partial charge in [-0.1, -0.05) is 33.1 Å². The molecule has 0 saturated heterocycles. The molecule has 2 amide bonds. The van der Waals surface area contributed by atoms with Crippen LogP contribution in [0.3, 0.4) is 0 Å². The van der Waals surface area contributed by atoms with Crippen molar-refractivity contribution in [2.45, 2.75) is 64.5 Å². The van der Waals surface area contributed by atoms with Gasteiger partial charge in [0.25, 0.3) is 0 Å². The molecular weight excluding hydrogens is 232 g/mol. The van der Waals surface area contributed by atoms with Gasteiger partial charge in [0.05, 0.1) is 0 Å². The van der Waals surface area contributed by atoms with Crippen molar-refractivity contribution in [1.29, 1.82) is 0 Å². The fourth-order valence-electron chi connectivity index (χ4n) is 2.42. The number of hydrogen-bond acceptors (Lipinski definition) is 2. The summed E-state index contributed by atoms with van der Waals surface area (Å²) in [5, 5.41) is 14.5. The van der Waals surface area contributed by atoms with Crippen LogP contribution in [-0.2, 0) is 4.79 Å². The van der Waals surface area contributed by atoms with E-state index in [0.29, 0.717) is 0 Å². The summed E-state index contributed by atoms with van der Waals surface area (Å²) < 4.78 is 0. The van der Waals surface area contributed by atoms with Gasteiger partial charge < -0.3 is 15.7 Å². The summed E-state index contributed by atoms with van der Waals surface area (Å²) >= 11 is 0. The number of nitrogens with one attached hydrogen (secondary N) is 2. The monoisotopic (exact) mass is 256 g/mol. The van der Waals surface area contributed by atoms with E-state index in [1.54, 1.807) is 13.8 Å². The van der Waals surface area contributed by atoms with E-state index in [-0.39, 0.29) is 17.5 Å². The number of aliphatic carboxylic acids is 1. The Morgan fingerprint density at radius 1 is 1.17 bits per heavy atom. The lowest BCUT2D eigenvalue weighted by Gasteiger charge is -2.35. The molecule has 0 aromatic carbocycles. The third kappa shape index (κ3) is 4.20. The van der Waals surface area contributed by atoms with E-state index in [0.717, 1.165) is 25.7 Å². The van der Waals surface area contributed by atoms with Crippen molar-refractivity contribution >= 4 is 12.0 Å². The maximum absolute atomic E-state index is 11.9. The first-order valence-corrected chi connectivity index (χ1v) is 6.65. The molecule has 18 heavy (non-hydrogen) atoms. The predicted octanol–water partition coefficient (Wildman–Crippen LogP) is 2.12. The molecule has 0 spiro atoms. The van der Waals surface area contributed by atoms with Gasteiger partial charge in [0.1, 0.15) is 6.04 Å². The smallest absolute Gasteiger partial charge is 0.326 e. The van der Waals surface area contributed by atoms with Crippen LogP contribution < -0.4 is 10.6 Å². The van der Waals surface area contributed by atoms with Gasteiger partial charge >= 0.3 is 12.0 Å². The number of carbonyl (C=O) groups excluding carboxylic acids is 1. The van der Waals surface area contributed by atoms with Gasteiger partial charge in [-0.25, -0.2) is 9.59 Å². The van der Waals surface area contributed by atoms with Crippen LogP contribution >= 0.6 is 0 Å². The van der Waals surface area contributed by atoms with Gasteiger partial charge in [0, 0.05) is 5.54 Å². The van der Waals surface area contributed by atoms with E-state index < -0.39 is 12.0 Å². The molecule has 1 unspecified atom stereocenters. The number of carboxylic acids is 1. The zero-order valence-corrected chi connectivity index (χ0v) is 11.5. The van der Waals surface area contributed by atoms with Crippen LogP contribution in [0.25, 0.3) is 0 Å². The number of carboxylic acid groups (broad SMARTS) is 1. The van der Waals surface area contributed by atoms with Gasteiger partial charge in [-0.3, -0.25) is 0 Å². The molecule has 1 aliphatic rings. The highest BCUT2D eigenvalue weighted by Gasteiger charge is 2.30. The number of carbonyl (C=O) groups is 2. The average Bonchev–Trinajstić information content (AvgIpc) is 2.25. The van der Waals surface area contributed by atoms with E-state index in [9.17, 15) is 9.59 Å². The van der Waals surface area contributed by atoms with E-state index >= 15 is 0 Å². The minimum Gasteiger partial charge on any atom is -0.480 e. The van der Waals surface area contributed by atoms with Crippen molar-refractivity contribution in [3.8, 4) is 0 Å². The molecule has 0 aromatic heterocycles. The van der Waals surface area contributed by atoms with Crippen LogP contribution in [-0.4, -0.2) is 28.7 Å². The lowest BCUT2D eigenvalue weighted by molar-refractivity contribution is -0.140. The van der Waals surface area contributed by atoms with E-state index in [1.165, 1.54) is 6.42 Å². The summed E-state index contributed by atoms with van der Waals surface area (Å²) in [6.45, 7) is 5.58. The summed E-state index contributed by atoms with van der Waals surface area (Å²) in [5.41, 5.74) is -0.192. The summed E-state index contributed by atoms with van der Waals surface area (Å²) in [4.78, 5) is 22.9. The van der Waals surface area contributed by atoms with Crippen molar-refractivity contribution in [1.82, 2.24) is 10.6 Å². The van der Waals surface area contributed by atoms with E-state index in [4.69, 9.17) is 5.11 Å². The molecule has 1 rings (SSSR count). The minimum atomic E-state index is -0.992. The zero-order valence-electron chi connectivity index (χ0n) is 11.5. The van der Waals surface area contributed by atoms with Gasteiger partial charge in [-0.2, -0.15) is 0 Å². The Balaban J connectivity index is 2.52. The SMILES string of the molecule is CC(C)C(NC(=O)NC1(C)CCCCC1)C(=O)O. The lowest BCUT2D eigenvalue weighted by atomic mass is 9.83. The molecular formula is C13H24N2O3. The Hall–Kier alpha value is -1.26. The summed E-state index contributed by atoms with van der Waals surface area (Å²) in [7, 11) is 0. The summed E-state index contributed by atoms with van der Waals surface area (Å²) in [6.07, 6.45) is 5.36.